The topological polar surface area (TPSA) is 90.7 Å². The highest BCUT2D eigenvalue weighted by Gasteiger charge is 2.07. The molecule has 0 spiro atoms. The predicted octanol–water partition coefficient (Wildman–Crippen LogP) is 1.65. The van der Waals surface area contributed by atoms with Gasteiger partial charge >= 0.3 is 0 Å². The first-order chi connectivity index (χ1) is 9.70. The van der Waals surface area contributed by atoms with E-state index in [1.54, 1.807) is 18.2 Å². The summed E-state index contributed by atoms with van der Waals surface area (Å²) in [5.74, 6) is -0.380. The van der Waals surface area contributed by atoms with Gasteiger partial charge in [-0.15, -0.1) is 11.3 Å². The summed E-state index contributed by atoms with van der Waals surface area (Å²) in [4.78, 5) is 19.8. The first-order valence-electron chi connectivity index (χ1n) is 5.70. The molecule has 100 valence electrons. The Bertz CT molecular complexity index is 672. The van der Waals surface area contributed by atoms with Crippen LogP contribution in [0.1, 0.15) is 21.2 Å². The molecule has 2 heterocycles. The number of rotatable bonds is 4. The molecule has 6 nitrogen and oxygen atoms in total. The first kappa shape index (κ1) is 13.7. The van der Waals surface area contributed by atoms with E-state index in [2.05, 4.69) is 20.8 Å². The molecule has 1 amide bonds. The summed E-state index contributed by atoms with van der Waals surface area (Å²) in [5, 5.41) is 11.5. The van der Waals surface area contributed by atoms with Crippen LogP contribution in [-0.4, -0.2) is 15.9 Å². The Kier molecular flexibility index (Phi) is 4.42. The Morgan fingerprint density at radius 1 is 1.50 bits per heavy atom. The van der Waals surface area contributed by atoms with Gasteiger partial charge in [-0.3, -0.25) is 15.2 Å². The highest BCUT2D eigenvalue weighted by atomic mass is 32.1. The summed E-state index contributed by atoms with van der Waals surface area (Å²) in [7, 11) is 0. The van der Waals surface area contributed by atoms with Gasteiger partial charge in [-0.2, -0.15) is 5.26 Å². The van der Waals surface area contributed by atoms with Gasteiger partial charge in [0.05, 0.1) is 0 Å². The van der Waals surface area contributed by atoms with Crippen LogP contribution in [0.15, 0.2) is 36.0 Å². The van der Waals surface area contributed by atoms with Crippen molar-refractivity contribution in [3.8, 4) is 6.07 Å². The van der Waals surface area contributed by atoms with Crippen LogP contribution in [0.5, 0.6) is 0 Å². The average Bonchev–Trinajstić information content (AvgIpc) is 2.90. The van der Waals surface area contributed by atoms with Gasteiger partial charge < -0.3 is 5.43 Å². The lowest BCUT2D eigenvalue weighted by Crippen LogP contribution is -2.34. The van der Waals surface area contributed by atoms with Crippen LogP contribution < -0.4 is 10.9 Å². The van der Waals surface area contributed by atoms with E-state index in [1.807, 2.05) is 18.4 Å². The second kappa shape index (κ2) is 6.45. The molecule has 0 aliphatic heterocycles. The van der Waals surface area contributed by atoms with E-state index in [9.17, 15) is 4.79 Å². The molecule has 20 heavy (non-hydrogen) atoms. The number of carbonyl (C=O) groups excluding carboxylic acids is 1. The SMILES string of the molecule is Cc1csc(/C(C#N)=C/NNC(=O)c2ccccn2)n1. The van der Waals surface area contributed by atoms with Gasteiger partial charge in [0, 0.05) is 23.5 Å². The maximum atomic E-state index is 11.7. The zero-order chi connectivity index (χ0) is 14.4. The van der Waals surface area contributed by atoms with Gasteiger partial charge in [-0.25, -0.2) is 4.98 Å². The number of carbonyl (C=O) groups is 1. The maximum absolute atomic E-state index is 11.7. The second-order valence-corrected chi connectivity index (χ2v) is 4.64. The lowest BCUT2D eigenvalue weighted by atomic mass is 10.3. The van der Waals surface area contributed by atoms with Gasteiger partial charge in [0.2, 0.25) is 0 Å². The summed E-state index contributed by atoms with van der Waals surface area (Å²) in [5.41, 5.74) is 6.51. The van der Waals surface area contributed by atoms with Crippen molar-refractivity contribution in [2.75, 3.05) is 0 Å². The third kappa shape index (κ3) is 3.40. The Balaban J connectivity index is 1.99. The zero-order valence-corrected chi connectivity index (χ0v) is 11.4. The van der Waals surface area contributed by atoms with Crippen molar-refractivity contribution in [2.45, 2.75) is 6.92 Å². The Morgan fingerprint density at radius 2 is 2.35 bits per heavy atom. The molecule has 0 atom stereocenters. The average molecular weight is 285 g/mol. The first-order valence-corrected chi connectivity index (χ1v) is 6.58. The number of amides is 1. The molecular weight excluding hydrogens is 274 g/mol. The van der Waals surface area contributed by atoms with E-state index in [1.165, 1.54) is 23.7 Å². The number of nitrogens with one attached hydrogen (secondary N) is 2. The summed E-state index contributed by atoms with van der Waals surface area (Å²) >= 11 is 1.37. The number of allylic oxidation sites excluding steroid dienone is 1. The van der Waals surface area contributed by atoms with E-state index in [0.717, 1.165) is 5.69 Å². The molecule has 0 aliphatic carbocycles. The summed E-state index contributed by atoms with van der Waals surface area (Å²) in [6, 6.07) is 7.06. The highest BCUT2D eigenvalue weighted by molar-refractivity contribution is 7.10. The molecule has 0 unspecified atom stereocenters. The fraction of sp³-hybridized carbons (Fsp3) is 0.0769. The van der Waals surface area contributed by atoms with E-state index in [0.29, 0.717) is 10.6 Å². The van der Waals surface area contributed by atoms with Gasteiger partial charge in [0.25, 0.3) is 5.91 Å². The van der Waals surface area contributed by atoms with E-state index in [-0.39, 0.29) is 11.6 Å². The predicted molar refractivity (Wildman–Crippen MR) is 75.3 cm³/mol. The second-order valence-electron chi connectivity index (χ2n) is 3.78. The quantitative estimate of drug-likeness (QED) is 0.658. The van der Waals surface area contributed by atoms with Gasteiger partial charge in [0.15, 0.2) is 0 Å². The number of nitriles is 1. The van der Waals surface area contributed by atoms with Crippen molar-refractivity contribution in [3.05, 3.63) is 52.4 Å². The van der Waals surface area contributed by atoms with Crippen molar-refractivity contribution in [1.29, 1.82) is 5.26 Å². The molecule has 0 bridgehead atoms. The number of hydrogen-bond donors (Lipinski definition) is 2. The van der Waals surface area contributed by atoms with Crippen molar-refractivity contribution >= 4 is 22.8 Å². The van der Waals surface area contributed by atoms with Crippen LogP contribution in [0.3, 0.4) is 0 Å². The summed E-state index contributed by atoms with van der Waals surface area (Å²) in [6.45, 7) is 1.85. The highest BCUT2D eigenvalue weighted by Crippen LogP contribution is 2.17. The van der Waals surface area contributed by atoms with Crippen LogP contribution in [0.4, 0.5) is 0 Å². The van der Waals surface area contributed by atoms with Crippen LogP contribution in [0.25, 0.3) is 5.57 Å². The molecule has 0 saturated heterocycles. The fourth-order valence-electron chi connectivity index (χ4n) is 1.35. The number of thiazole rings is 1. The molecular formula is C13H11N5OS. The minimum Gasteiger partial charge on any atom is -0.304 e. The lowest BCUT2D eigenvalue weighted by molar-refractivity contribution is 0.0936. The third-order valence-corrected chi connectivity index (χ3v) is 3.26. The number of aromatic nitrogens is 2. The Hall–Kier alpha value is -2.72. The fourth-order valence-corrected chi connectivity index (χ4v) is 2.12. The molecule has 7 heteroatoms. The number of nitrogens with zero attached hydrogens (tertiary/aromatic N) is 3. The van der Waals surface area contributed by atoms with Gasteiger partial charge in [0.1, 0.15) is 22.3 Å². The van der Waals surface area contributed by atoms with Gasteiger partial charge in [-0.1, -0.05) is 6.07 Å². The number of aryl methyl sites for hydroxylation is 1. The molecule has 2 N–H and O–H groups in total. The molecule has 0 fully saturated rings. The molecule has 0 aromatic carbocycles. The van der Waals surface area contributed by atoms with Crippen molar-refractivity contribution in [2.24, 2.45) is 0 Å². The molecule has 0 aliphatic rings. The summed E-state index contributed by atoms with van der Waals surface area (Å²) < 4.78 is 0. The zero-order valence-electron chi connectivity index (χ0n) is 10.6. The monoisotopic (exact) mass is 285 g/mol. The molecule has 0 saturated carbocycles. The third-order valence-electron chi connectivity index (χ3n) is 2.27. The number of hydrazine groups is 1. The van der Waals surface area contributed by atoms with E-state index in [4.69, 9.17) is 5.26 Å². The minimum absolute atomic E-state index is 0.289. The largest absolute Gasteiger partial charge is 0.304 e. The van der Waals surface area contributed by atoms with Crippen molar-refractivity contribution in [1.82, 2.24) is 20.8 Å². The van der Waals surface area contributed by atoms with Gasteiger partial charge in [-0.05, 0) is 19.1 Å². The standard InChI is InChI=1S/C13H11N5OS/c1-9-8-20-13(17-9)10(6-14)7-16-18-12(19)11-4-2-3-5-15-11/h2-5,7-8,16H,1H3,(H,18,19)/b10-7+. The smallest absolute Gasteiger partial charge is 0.288 e. The normalized spacial score (nSPS) is 10.7. The number of hydrogen-bond acceptors (Lipinski definition) is 6. The van der Waals surface area contributed by atoms with Crippen LogP contribution >= 0.6 is 11.3 Å². The van der Waals surface area contributed by atoms with Crippen LogP contribution in [0, 0.1) is 18.3 Å². The van der Waals surface area contributed by atoms with Crippen LogP contribution in [0.2, 0.25) is 0 Å². The minimum atomic E-state index is -0.380. The maximum Gasteiger partial charge on any atom is 0.288 e. The van der Waals surface area contributed by atoms with Crippen LogP contribution in [-0.2, 0) is 0 Å². The molecule has 0 radical (unpaired) electrons. The lowest BCUT2D eigenvalue weighted by Gasteiger charge is -2.03. The summed E-state index contributed by atoms with van der Waals surface area (Å²) in [6.07, 6.45) is 2.93. The molecule has 2 aromatic rings. The van der Waals surface area contributed by atoms with Crippen molar-refractivity contribution in [3.63, 3.8) is 0 Å². The molecule has 2 rings (SSSR count). The van der Waals surface area contributed by atoms with E-state index < -0.39 is 0 Å². The Morgan fingerprint density at radius 3 is 2.95 bits per heavy atom. The van der Waals surface area contributed by atoms with E-state index >= 15 is 0 Å². The number of pyridine rings is 1. The van der Waals surface area contributed by atoms with Crippen molar-refractivity contribution < 1.29 is 4.79 Å². The Labute approximate surface area is 119 Å². The molecule has 2 aromatic heterocycles.